The van der Waals surface area contributed by atoms with Gasteiger partial charge in [-0.05, 0) is 42.9 Å². The lowest BCUT2D eigenvalue weighted by Gasteiger charge is -2.11. The fraction of sp³-hybridized carbons (Fsp3) is 0.353. The van der Waals surface area contributed by atoms with Crippen molar-refractivity contribution in [2.75, 3.05) is 0 Å². The molecule has 1 aromatic carbocycles. The van der Waals surface area contributed by atoms with E-state index in [1.54, 1.807) is 6.07 Å². The zero-order valence-corrected chi connectivity index (χ0v) is 12.3. The molecule has 0 saturated carbocycles. The van der Waals surface area contributed by atoms with Gasteiger partial charge in [-0.1, -0.05) is 26.3 Å². The largest absolute Gasteiger partial charge is 0.252 e. The molecule has 20 heavy (non-hydrogen) atoms. The predicted octanol–water partition coefficient (Wildman–Crippen LogP) is 5.45. The molecule has 3 heteroatoms. The topological polar surface area (TPSA) is 12.9 Å². The first-order valence-electron chi connectivity index (χ1n) is 6.89. The maximum atomic E-state index is 14.1. The van der Waals surface area contributed by atoms with Gasteiger partial charge in [0.1, 0.15) is 11.6 Å². The van der Waals surface area contributed by atoms with Crippen LogP contribution in [0.2, 0.25) is 0 Å². The van der Waals surface area contributed by atoms with Crippen LogP contribution < -0.4 is 0 Å². The summed E-state index contributed by atoms with van der Waals surface area (Å²) in [6.07, 6.45) is 2.76. The smallest absolute Gasteiger partial charge is 0.136 e. The van der Waals surface area contributed by atoms with Crippen molar-refractivity contribution >= 4 is 16.8 Å². The Kier molecular flexibility index (Phi) is 4.17. The maximum absolute atomic E-state index is 14.1. The molecule has 0 atom stereocenters. The molecule has 1 heterocycles. The van der Waals surface area contributed by atoms with Gasteiger partial charge in [0.2, 0.25) is 0 Å². The third kappa shape index (κ3) is 2.87. The summed E-state index contributed by atoms with van der Waals surface area (Å²) in [7, 11) is 0. The number of rotatable bonds is 3. The summed E-state index contributed by atoms with van der Waals surface area (Å²) in [5, 5.41) is 0.958. The molecule has 0 saturated heterocycles. The predicted molar refractivity (Wildman–Crippen MR) is 79.7 cm³/mol. The second-order valence-corrected chi connectivity index (χ2v) is 5.42. The number of allylic oxidation sites excluding steroid dienone is 1. The number of hydrogen-bond acceptors (Lipinski definition) is 1. The highest BCUT2D eigenvalue weighted by atomic mass is 19.1. The van der Waals surface area contributed by atoms with Gasteiger partial charge in [-0.2, -0.15) is 0 Å². The number of halogens is 2. The Morgan fingerprint density at radius 3 is 2.55 bits per heavy atom. The van der Waals surface area contributed by atoms with E-state index in [1.165, 1.54) is 6.07 Å². The third-order valence-corrected chi connectivity index (χ3v) is 3.43. The molecule has 0 radical (unpaired) electrons. The molecule has 0 fully saturated rings. The molecule has 0 aliphatic rings. The zero-order chi connectivity index (χ0) is 14.9. The van der Waals surface area contributed by atoms with E-state index >= 15 is 0 Å². The second kappa shape index (κ2) is 5.70. The van der Waals surface area contributed by atoms with Crippen LogP contribution in [0.1, 0.15) is 51.4 Å². The number of benzene rings is 1. The Morgan fingerprint density at radius 2 is 1.95 bits per heavy atom. The molecule has 106 valence electrons. The van der Waals surface area contributed by atoms with Crippen molar-refractivity contribution in [1.29, 1.82) is 0 Å². The Morgan fingerprint density at radius 1 is 1.25 bits per heavy atom. The summed E-state index contributed by atoms with van der Waals surface area (Å²) >= 11 is 0. The molecular weight excluding hydrogens is 256 g/mol. The number of aromatic nitrogens is 1. The minimum Gasteiger partial charge on any atom is -0.252 e. The van der Waals surface area contributed by atoms with Crippen molar-refractivity contribution in [3.63, 3.8) is 0 Å². The number of nitrogens with zero attached hydrogens (tertiary/aromatic N) is 1. The van der Waals surface area contributed by atoms with Gasteiger partial charge in [-0.15, -0.1) is 0 Å². The molecule has 0 N–H and O–H groups in total. The van der Waals surface area contributed by atoms with Crippen molar-refractivity contribution in [2.45, 2.75) is 40.0 Å². The van der Waals surface area contributed by atoms with Crippen LogP contribution >= 0.6 is 0 Å². The molecule has 2 aromatic rings. The van der Waals surface area contributed by atoms with E-state index in [9.17, 15) is 8.78 Å². The van der Waals surface area contributed by atoms with Crippen molar-refractivity contribution in [2.24, 2.45) is 0 Å². The fourth-order valence-electron chi connectivity index (χ4n) is 2.10. The molecule has 0 bridgehead atoms. The lowest BCUT2D eigenvalue weighted by Crippen LogP contribution is -1.98. The fourth-order valence-corrected chi connectivity index (χ4v) is 2.10. The summed E-state index contributed by atoms with van der Waals surface area (Å²) in [5.74, 6) is -0.907. The molecule has 0 unspecified atom stereocenters. The van der Waals surface area contributed by atoms with Crippen LogP contribution in [0.15, 0.2) is 23.8 Å². The van der Waals surface area contributed by atoms with Crippen molar-refractivity contribution < 1.29 is 8.78 Å². The van der Waals surface area contributed by atoms with Crippen LogP contribution in [0.25, 0.3) is 16.8 Å². The molecule has 1 aromatic heterocycles. The molecule has 0 aliphatic carbocycles. The molecule has 0 aliphatic heterocycles. The third-order valence-electron chi connectivity index (χ3n) is 3.43. The minimum atomic E-state index is -0.557. The van der Waals surface area contributed by atoms with Gasteiger partial charge in [0.05, 0.1) is 5.69 Å². The summed E-state index contributed by atoms with van der Waals surface area (Å²) in [6, 6.07) is 4.05. The lowest BCUT2D eigenvalue weighted by molar-refractivity contribution is 0.591. The van der Waals surface area contributed by atoms with E-state index in [0.29, 0.717) is 16.5 Å². The van der Waals surface area contributed by atoms with Crippen molar-refractivity contribution in [3.8, 4) is 0 Å². The Hall–Kier alpha value is -1.77. The van der Waals surface area contributed by atoms with Crippen LogP contribution in [0.5, 0.6) is 0 Å². The number of hydrogen-bond donors (Lipinski definition) is 0. The van der Waals surface area contributed by atoms with Gasteiger partial charge < -0.3 is 0 Å². The molecule has 1 nitrogen and oxygen atoms in total. The minimum absolute atomic E-state index is 0.208. The summed E-state index contributed by atoms with van der Waals surface area (Å²) in [4.78, 5) is 4.54. The van der Waals surface area contributed by atoms with Crippen LogP contribution in [-0.2, 0) is 0 Å². The number of pyridine rings is 1. The van der Waals surface area contributed by atoms with Gasteiger partial charge in [-0.3, -0.25) is 4.98 Å². The monoisotopic (exact) mass is 275 g/mol. The molecule has 2 rings (SSSR count). The van der Waals surface area contributed by atoms with Crippen LogP contribution in [0.4, 0.5) is 8.78 Å². The van der Waals surface area contributed by atoms with Gasteiger partial charge >= 0.3 is 0 Å². The summed E-state index contributed by atoms with van der Waals surface area (Å²) in [6.45, 7) is 8.06. The highest BCUT2D eigenvalue weighted by Gasteiger charge is 2.12. The first-order chi connectivity index (χ1) is 9.42. The quantitative estimate of drug-likeness (QED) is 0.725. The summed E-state index contributed by atoms with van der Waals surface area (Å²) in [5.41, 5.74) is 2.55. The van der Waals surface area contributed by atoms with E-state index in [2.05, 4.69) is 4.98 Å². The van der Waals surface area contributed by atoms with Gasteiger partial charge in [0.25, 0.3) is 0 Å². The Labute approximate surface area is 118 Å². The standard InChI is InChI=1S/C17H19F2N/c1-5-11(4)6-16-17-12(7-13(18)9-14(17)19)8-15(20-16)10(2)3/h6-10H,5H2,1-4H3/b11-6-. The lowest BCUT2D eigenvalue weighted by atomic mass is 10.0. The summed E-state index contributed by atoms with van der Waals surface area (Å²) < 4.78 is 27.5. The van der Waals surface area contributed by atoms with Crippen LogP contribution in [-0.4, -0.2) is 4.98 Å². The normalized spacial score (nSPS) is 12.4. The second-order valence-electron chi connectivity index (χ2n) is 5.42. The average Bonchev–Trinajstić information content (AvgIpc) is 2.37. The zero-order valence-electron chi connectivity index (χ0n) is 12.3. The average molecular weight is 275 g/mol. The first-order valence-corrected chi connectivity index (χ1v) is 6.89. The van der Waals surface area contributed by atoms with E-state index < -0.39 is 11.6 Å². The number of fused-ring (bicyclic) bond motifs is 1. The SMILES string of the molecule is CC/C(C)=C\c1nc(C(C)C)cc2cc(F)cc(F)c12. The van der Waals surface area contributed by atoms with Gasteiger partial charge in [0, 0.05) is 17.1 Å². The van der Waals surface area contributed by atoms with E-state index in [1.807, 2.05) is 33.8 Å². The maximum Gasteiger partial charge on any atom is 0.136 e. The Bertz CT molecular complexity index is 672. The van der Waals surface area contributed by atoms with E-state index in [0.717, 1.165) is 23.8 Å². The van der Waals surface area contributed by atoms with Crippen molar-refractivity contribution in [3.05, 3.63) is 46.8 Å². The molecule has 0 amide bonds. The van der Waals surface area contributed by atoms with Crippen molar-refractivity contribution in [1.82, 2.24) is 4.98 Å². The first kappa shape index (κ1) is 14.6. The highest BCUT2D eigenvalue weighted by Crippen LogP contribution is 2.27. The van der Waals surface area contributed by atoms with Crippen LogP contribution in [0, 0.1) is 11.6 Å². The molecule has 0 spiro atoms. The van der Waals surface area contributed by atoms with Gasteiger partial charge in [0.15, 0.2) is 0 Å². The Balaban J connectivity index is 2.81. The molecular formula is C17H19F2N. The van der Waals surface area contributed by atoms with E-state index in [-0.39, 0.29) is 5.92 Å². The van der Waals surface area contributed by atoms with E-state index in [4.69, 9.17) is 0 Å². The van der Waals surface area contributed by atoms with Crippen LogP contribution in [0.3, 0.4) is 0 Å². The van der Waals surface area contributed by atoms with Gasteiger partial charge in [-0.25, -0.2) is 8.78 Å². The highest BCUT2D eigenvalue weighted by molar-refractivity contribution is 5.90.